The number of hydrogen-bond acceptors (Lipinski definition) is 3. The zero-order chi connectivity index (χ0) is 14.3. The van der Waals surface area contributed by atoms with Crippen molar-refractivity contribution < 1.29 is 4.79 Å². The van der Waals surface area contributed by atoms with Crippen molar-refractivity contribution in [2.75, 3.05) is 24.3 Å². The Hall–Kier alpha value is -1.16. The molecule has 0 heterocycles. The summed E-state index contributed by atoms with van der Waals surface area (Å²) in [6.45, 7) is 4.27. The molecule has 2 N–H and O–H groups in total. The Bertz CT molecular complexity index is 392. The number of thioether (sulfide) groups is 1. The molecule has 0 spiro atoms. The van der Waals surface area contributed by atoms with Crippen LogP contribution < -0.4 is 5.73 Å². The lowest BCUT2D eigenvalue weighted by atomic mass is 10.1. The van der Waals surface area contributed by atoms with Gasteiger partial charge in [0.25, 0.3) is 0 Å². The summed E-state index contributed by atoms with van der Waals surface area (Å²) in [5.74, 6) is 2.41. The van der Waals surface area contributed by atoms with Crippen molar-refractivity contribution >= 4 is 23.4 Å². The number of nitrogen functional groups attached to an aromatic ring is 1. The summed E-state index contributed by atoms with van der Waals surface area (Å²) >= 11 is 1.92. The van der Waals surface area contributed by atoms with Gasteiger partial charge in [0.05, 0.1) is 6.42 Å². The summed E-state index contributed by atoms with van der Waals surface area (Å²) in [6, 6.07) is 7.80. The lowest BCUT2D eigenvalue weighted by Crippen LogP contribution is -2.36. The lowest BCUT2D eigenvalue weighted by molar-refractivity contribution is -0.130. The Kier molecular flexibility index (Phi) is 6.78. The highest BCUT2D eigenvalue weighted by atomic mass is 32.2. The molecule has 19 heavy (non-hydrogen) atoms. The summed E-state index contributed by atoms with van der Waals surface area (Å²) in [7, 11) is 1.89. The molecular formula is C15H24N2OS. The van der Waals surface area contributed by atoms with Crippen molar-refractivity contribution in [3.63, 3.8) is 0 Å². The van der Waals surface area contributed by atoms with Gasteiger partial charge in [0.15, 0.2) is 0 Å². The largest absolute Gasteiger partial charge is 0.399 e. The molecular weight excluding hydrogens is 256 g/mol. The van der Waals surface area contributed by atoms with E-state index >= 15 is 0 Å². The van der Waals surface area contributed by atoms with Crippen molar-refractivity contribution in [3.05, 3.63) is 29.8 Å². The minimum Gasteiger partial charge on any atom is -0.399 e. The number of carbonyl (C=O) groups is 1. The fraction of sp³-hybridized carbons (Fsp3) is 0.533. The smallest absolute Gasteiger partial charge is 0.226 e. The first-order chi connectivity index (χ1) is 9.04. The molecule has 0 aliphatic heterocycles. The molecule has 1 aromatic carbocycles. The monoisotopic (exact) mass is 280 g/mol. The van der Waals surface area contributed by atoms with Gasteiger partial charge in [-0.25, -0.2) is 0 Å². The number of amides is 1. The fourth-order valence-corrected chi connectivity index (χ4v) is 2.57. The Labute approximate surface area is 120 Å². The van der Waals surface area contributed by atoms with E-state index in [2.05, 4.69) is 13.8 Å². The van der Waals surface area contributed by atoms with Crippen LogP contribution >= 0.6 is 11.8 Å². The molecule has 0 fully saturated rings. The van der Waals surface area contributed by atoms with E-state index in [1.807, 2.05) is 48.0 Å². The number of nitrogens with two attached hydrogens (primary N) is 1. The van der Waals surface area contributed by atoms with Gasteiger partial charge in [0.1, 0.15) is 0 Å². The summed E-state index contributed by atoms with van der Waals surface area (Å²) in [5, 5.41) is 0. The van der Waals surface area contributed by atoms with E-state index < -0.39 is 0 Å². The molecule has 0 bridgehead atoms. The standard InChI is InChI=1S/C15H24N2OS/c1-4-19-10-9-12(2)17(3)15(18)11-13-5-7-14(16)8-6-13/h5-8,12H,4,9-11,16H2,1-3H3. The lowest BCUT2D eigenvalue weighted by Gasteiger charge is -2.25. The van der Waals surface area contributed by atoms with Gasteiger partial charge >= 0.3 is 0 Å². The predicted octanol–water partition coefficient (Wildman–Crippen LogP) is 2.80. The molecule has 4 heteroatoms. The van der Waals surface area contributed by atoms with E-state index in [1.54, 1.807) is 0 Å². The topological polar surface area (TPSA) is 46.3 Å². The number of hydrogen-bond donors (Lipinski definition) is 1. The van der Waals surface area contributed by atoms with E-state index in [4.69, 9.17) is 5.73 Å². The molecule has 0 radical (unpaired) electrons. The summed E-state index contributed by atoms with van der Waals surface area (Å²) < 4.78 is 0. The van der Waals surface area contributed by atoms with Crippen LogP contribution in [0.2, 0.25) is 0 Å². The van der Waals surface area contributed by atoms with Gasteiger partial charge in [0.2, 0.25) is 5.91 Å². The second-order valence-corrected chi connectivity index (χ2v) is 6.15. The average molecular weight is 280 g/mol. The minimum atomic E-state index is 0.166. The first-order valence-electron chi connectivity index (χ1n) is 6.72. The molecule has 1 rings (SSSR count). The first kappa shape index (κ1) is 15.9. The highest BCUT2D eigenvalue weighted by Gasteiger charge is 2.15. The third-order valence-corrected chi connectivity index (χ3v) is 4.21. The molecule has 0 aromatic heterocycles. The van der Waals surface area contributed by atoms with Crippen LogP contribution in [0.4, 0.5) is 5.69 Å². The van der Waals surface area contributed by atoms with Crippen LogP contribution in [0.5, 0.6) is 0 Å². The number of rotatable bonds is 7. The van der Waals surface area contributed by atoms with Crippen LogP contribution in [0.15, 0.2) is 24.3 Å². The van der Waals surface area contributed by atoms with E-state index in [0.29, 0.717) is 12.5 Å². The second-order valence-electron chi connectivity index (χ2n) is 4.76. The number of benzene rings is 1. The third kappa shape index (κ3) is 5.55. The minimum absolute atomic E-state index is 0.166. The number of nitrogens with zero attached hydrogens (tertiary/aromatic N) is 1. The Balaban J connectivity index is 2.45. The second kappa shape index (κ2) is 8.10. The maximum absolute atomic E-state index is 12.2. The Morgan fingerprint density at radius 1 is 1.37 bits per heavy atom. The molecule has 0 aliphatic carbocycles. The van der Waals surface area contributed by atoms with Crippen molar-refractivity contribution in [3.8, 4) is 0 Å². The summed E-state index contributed by atoms with van der Waals surface area (Å²) in [5.41, 5.74) is 7.38. The molecule has 0 saturated heterocycles. The van der Waals surface area contributed by atoms with E-state index in [-0.39, 0.29) is 5.91 Å². The average Bonchev–Trinajstić information content (AvgIpc) is 2.40. The third-order valence-electron chi connectivity index (χ3n) is 3.27. The predicted molar refractivity (Wildman–Crippen MR) is 84.4 cm³/mol. The van der Waals surface area contributed by atoms with Gasteiger partial charge in [0, 0.05) is 18.8 Å². The van der Waals surface area contributed by atoms with Crippen LogP contribution in [0.1, 0.15) is 25.8 Å². The zero-order valence-electron chi connectivity index (χ0n) is 12.1. The Morgan fingerprint density at radius 3 is 2.58 bits per heavy atom. The van der Waals surface area contributed by atoms with Crippen molar-refractivity contribution in [1.82, 2.24) is 4.90 Å². The van der Waals surface area contributed by atoms with Crippen LogP contribution in [-0.2, 0) is 11.2 Å². The maximum Gasteiger partial charge on any atom is 0.226 e. The maximum atomic E-state index is 12.2. The molecule has 0 saturated carbocycles. The highest BCUT2D eigenvalue weighted by Crippen LogP contribution is 2.11. The van der Waals surface area contributed by atoms with E-state index in [0.717, 1.165) is 29.2 Å². The van der Waals surface area contributed by atoms with Gasteiger partial charge < -0.3 is 10.6 Å². The number of anilines is 1. The molecule has 1 amide bonds. The van der Waals surface area contributed by atoms with Crippen molar-refractivity contribution in [2.24, 2.45) is 0 Å². The van der Waals surface area contributed by atoms with Gasteiger partial charge in [-0.05, 0) is 42.5 Å². The van der Waals surface area contributed by atoms with E-state index in [9.17, 15) is 4.79 Å². The van der Waals surface area contributed by atoms with Gasteiger partial charge in [-0.1, -0.05) is 19.1 Å². The number of likely N-dealkylation sites (N-methyl/N-ethyl adjacent to an activating group) is 1. The molecule has 1 atom stereocenters. The van der Waals surface area contributed by atoms with Gasteiger partial charge in [-0.3, -0.25) is 4.79 Å². The van der Waals surface area contributed by atoms with Crippen LogP contribution in [0.25, 0.3) is 0 Å². The highest BCUT2D eigenvalue weighted by molar-refractivity contribution is 7.99. The van der Waals surface area contributed by atoms with Crippen molar-refractivity contribution in [1.29, 1.82) is 0 Å². The first-order valence-corrected chi connectivity index (χ1v) is 7.88. The van der Waals surface area contributed by atoms with Crippen LogP contribution in [0.3, 0.4) is 0 Å². The SMILES string of the molecule is CCSCCC(C)N(C)C(=O)Cc1ccc(N)cc1. The van der Waals surface area contributed by atoms with E-state index in [1.165, 1.54) is 0 Å². The van der Waals surface area contributed by atoms with Gasteiger partial charge in [-0.2, -0.15) is 11.8 Å². The Morgan fingerprint density at radius 2 is 2.00 bits per heavy atom. The summed E-state index contributed by atoms with van der Waals surface area (Å²) in [4.78, 5) is 14.0. The van der Waals surface area contributed by atoms with Crippen LogP contribution in [0, 0.1) is 0 Å². The fourth-order valence-electron chi connectivity index (χ4n) is 1.77. The zero-order valence-corrected chi connectivity index (χ0v) is 12.9. The summed E-state index contributed by atoms with van der Waals surface area (Å²) in [6.07, 6.45) is 1.49. The molecule has 1 unspecified atom stereocenters. The molecule has 106 valence electrons. The number of carbonyl (C=O) groups excluding carboxylic acids is 1. The van der Waals surface area contributed by atoms with Crippen LogP contribution in [-0.4, -0.2) is 35.4 Å². The molecule has 1 aromatic rings. The molecule has 0 aliphatic rings. The van der Waals surface area contributed by atoms with Crippen molar-refractivity contribution in [2.45, 2.75) is 32.7 Å². The molecule has 3 nitrogen and oxygen atoms in total. The quantitative estimate of drug-likeness (QED) is 0.617. The van der Waals surface area contributed by atoms with Gasteiger partial charge in [-0.15, -0.1) is 0 Å². The normalized spacial score (nSPS) is 12.2.